The van der Waals surface area contributed by atoms with Crippen molar-refractivity contribution >= 4 is 23.3 Å². The van der Waals surface area contributed by atoms with Crippen LogP contribution in [0, 0.1) is 5.92 Å². The lowest BCUT2D eigenvalue weighted by atomic mass is 9.97. The van der Waals surface area contributed by atoms with Gasteiger partial charge in [0, 0.05) is 37.6 Å². The maximum Gasteiger partial charge on any atom is 0.229 e. The van der Waals surface area contributed by atoms with E-state index in [9.17, 15) is 4.79 Å². The number of halogens is 1. The number of carbonyl (C=O) groups is 1. The van der Waals surface area contributed by atoms with Crippen molar-refractivity contribution in [3.63, 3.8) is 0 Å². The molecule has 2 aromatic heterocycles. The Morgan fingerprint density at radius 2 is 2.21 bits per heavy atom. The molecule has 0 unspecified atom stereocenters. The largest absolute Gasteiger partial charge is 0.310 e. The number of nitrogens with one attached hydrogen (secondary N) is 1. The van der Waals surface area contributed by atoms with Crippen LogP contribution in [0.2, 0.25) is 5.02 Å². The molecule has 1 aliphatic rings. The topological polar surface area (TPSA) is 58.1 Å². The number of hydrogen-bond donors (Lipinski definition) is 1. The first-order chi connectivity index (χ1) is 11.7. The maximum atomic E-state index is 12.4. The van der Waals surface area contributed by atoms with Crippen LogP contribution in [-0.2, 0) is 11.2 Å². The van der Waals surface area contributed by atoms with E-state index in [1.54, 1.807) is 12.1 Å². The molecule has 5 nitrogen and oxygen atoms in total. The van der Waals surface area contributed by atoms with Crippen LogP contribution >= 0.6 is 11.6 Å². The zero-order chi connectivity index (χ0) is 16.8. The van der Waals surface area contributed by atoms with Crippen molar-refractivity contribution in [2.45, 2.75) is 19.3 Å². The average Bonchev–Trinajstić information content (AvgIpc) is 2.63. The number of hydrogen-bond acceptors (Lipinski definition) is 4. The van der Waals surface area contributed by atoms with Gasteiger partial charge in [-0.25, -0.2) is 4.98 Å². The third-order valence-electron chi connectivity index (χ3n) is 4.27. The monoisotopic (exact) mass is 344 g/mol. The van der Waals surface area contributed by atoms with Crippen molar-refractivity contribution in [2.24, 2.45) is 5.92 Å². The Morgan fingerprint density at radius 1 is 1.29 bits per heavy atom. The van der Waals surface area contributed by atoms with Crippen molar-refractivity contribution in [1.82, 2.24) is 14.9 Å². The van der Waals surface area contributed by atoms with E-state index in [4.69, 9.17) is 11.6 Å². The Bertz CT molecular complexity index is 662. The van der Waals surface area contributed by atoms with Crippen LogP contribution in [0.25, 0.3) is 0 Å². The van der Waals surface area contributed by atoms with Gasteiger partial charge in [0.15, 0.2) is 0 Å². The van der Waals surface area contributed by atoms with Gasteiger partial charge in [-0.1, -0.05) is 17.7 Å². The molecule has 0 spiro atoms. The van der Waals surface area contributed by atoms with E-state index in [-0.39, 0.29) is 11.8 Å². The molecule has 0 aliphatic carbocycles. The molecule has 1 fully saturated rings. The molecule has 0 saturated carbocycles. The summed E-state index contributed by atoms with van der Waals surface area (Å²) in [5.74, 6) is 0.585. The number of nitrogens with zero attached hydrogens (tertiary/aromatic N) is 3. The van der Waals surface area contributed by atoms with Crippen LogP contribution in [0.1, 0.15) is 18.5 Å². The fourth-order valence-corrected chi connectivity index (χ4v) is 3.08. The van der Waals surface area contributed by atoms with E-state index in [2.05, 4.69) is 20.2 Å². The Labute approximate surface area is 147 Å². The van der Waals surface area contributed by atoms with E-state index in [0.717, 1.165) is 44.6 Å². The summed E-state index contributed by atoms with van der Waals surface area (Å²) in [6.07, 6.45) is 6.22. The molecule has 1 amide bonds. The number of amides is 1. The third-order valence-corrected chi connectivity index (χ3v) is 4.49. The number of anilines is 1. The summed E-state index contributed by atoms with van der Waals surface area (Å²) in [6, 6.07) is 9.43. The Balaban J connectivity index is 1.51. The normalized spacial score (nSPS) is 18.3. The Hall–Kier alpha value is -1.98. The van der Waals surface area contributed by atoms with Crippen molar-refractivity contribution in [3.8, 4) is 0 Å². The second-order valence-corrected chi connectivity index (χ2v) is 6.50. The van der Waals surface area contributed by atoms with Gasteiger partial charge >= 0.3 is 0 Å². The highest BCUT2D eigenvalue weighted by atomic mass is 35.5. The van der Waals surface area contributed by atoms with Crippen molar-refractivity contribution in [1.29, 1.82) is 0 Å². The smallest absolute Gasteiger partial charge is 0.229 e. The van der Waals surface area contributed by atoms with Crippen LogP contribution in [-0.4, -0.2) is 40.4 Å². The van der Waals surface area contributed by atoms with Crippen LogP contribution in [0.4, 0.5) is 5.82 Å². The summed E-state index contributed by atoms with van der Waals surface area (Å²) in [5.41, 5.74) is 1.09. The lowest BCUT2D eigenvalue weighted by molar-refractivity contribution is -0.121. The third kappa shape index (κ3) is 4.76. The molecule has 1 aliphatic heterocycles. The highest BCUT2D eigenvalue weighted by Crippen LogP contribution is 2.19. The number of pyridine rings is 2. The summed E-state index contributed by atoms with van der Waals surface area (Å²) in [6.45, 7) is 2.75. The van der Waals surface area contributed by atoms with E-state index in [0.29, 0.717) is 10.8 Å². The van der Waals surface area contributed by atoms with E-state index >= 15 is 0 Å². The van der Waals surface area contributed by atoms with E-state index in [1.165, 1.54) is 6.20 Å². The number of aromatic nitrogens is 2. The molecule has 2 aromatic rings. The summed E-state index contributed by atoms with van der Waals surface area (Å²) < 4.78 is 0. The van der Waals surface area contributed by atoms with Gasteiger partial charge in [-0.05, 0) is 43.7 Å². The molecule has 1 saturated heterocycles. The van der Waals surface area contributed by atoms with Crippen molar-refractivity contribution in [3.05, 3.63) is 53.4 Å². The minimum absolute atomic E-state index is 0.0000365. The molecule has 6 heteroatoms. The summed E-state index contributed by atoms with van der Waals surface area (Å²) in [5, 5.41) is 3.45. The molecule has 126 valence electrons. The minimum Gasteiger partial charge on any atom is -0.310 e. The van der Waals surface area contributed by atoms with Gasteiger partial charge in [-0.3, -0.25) is 9.78 Å². The van der Waals surface area contributed by atoms with Gasteiger partial charge in [0.2, 0.25) is 5.91 Å². The van der Waals surface area contributed by atoms with Gasteiger partial charge < -0.3 is 10.2 Å². The van der Waals surface area contributed by atoms with Gasteiger partial charge in [0.05, 0.1) is 10.9 Å². The lowest BCUT2D eigenvalue weighted by Crippen LogP contribution is -2.41. The molecule has 0 radical (unpaired) electrons. The molecule has 1 N–H and O–H groups in total. The fraction of sp³-hybridized carbons (Fsp3) is 0.389. The zero-order valence-corrected chi connectivity index (χ0v) is 14.2. The Kier molecular flexibility index (Phi) is 5.77. The first-order valence-electron chi connectivity index (χ1n) is 8.25. The van der Waals surface area contributed by atoms with Crippen LogP contribution in [0.5, 0.6) is 0 Å². The van der Waals surface area contributed by atoms with Crippen molar-refractivity contribution in [2.75, 3.05) is 25.0 Å². The quantitative estimate of drug-likeness (QED) is 0.905. The predicted octanol–water partition coefficient (Wildman–Crippen LogP) is 3.02. The van der Waals surface area contributed by atoms with Gasteiger partial charge in [-0.2, -0.15) is 0 Å². The van der Waals surface area contributed by atoms with Crippen molar-refractivity contribution < 1.29 is 4.79 Å². The molecule has 3 heterocycles. The maximum absolute atomic E-state index is 12.4. The molecule has 0 bridgehead atoms. The zero-order valence-electron chi connectivity index (χ0n) is 13.5. The summed E-state index contributed by atoms with van der Waals surface area (Å²) in [4.78, 5) is 23.3. The standard InChI is InChI=1S/C18H21ClN4O/c19-15-6-7-17(21-12-15)22-18(24)14-4-3-10-23(13-14)11-8-16-5-1-2-9-20-16/h1-2,5-7,9,12,14H,3-4,8,10-11,13H2,(H,21,22,24)/t14-/m1/s1. The van der Waals surface area contributed by atoms with Gasteiger partial charge in [0.1, 0.15) is 5.82 Å². The average molecular weight is 345 g/mol. The van der Waals surface area contributed by atoms with Crippen LogP contribution in [0.15, 0.2) is 42.7 Å². The van der Waals surface area contributed by atoms with Gasteiger partial charge in [0.25, 0.3) is 0 Å². The molecule has 3 rings (SSSR count). The highest BCUT2D eigenvalue weighted by Gasteiger charge is 2.25. The first kappa shape index (κ1) is 16.9. The van der Waals surface area contributed by atoms with E-state index in [1.807, 2.05) is 24.4 Å². The number of rotatable bonds is 5. The molecule has 24 heavy (non-hydrogen) atoms. The second kappa shape index (κ2) is 8.22. The number of likely N-dealkylation sites (tertiary alicyclic amines) is 1. The second-order valence-electron chi connectivity index (χ2n) is 6.06. The first-order valence-corrected chi connectivity index (χ1v) is 8.63. The summed E-state index contributed by atoms with van der Waals surface area (Å²) >= 11 is 5.81. The minimum atomic E-state index is -0.0000365. The molecule has 1 atom stereocenters. The predicted molar refractivity (Wildman–Crippen MR) is 95.0 cm³/mol. The number of piperidine rings is 1. The molecular weight excluding hydrogens is 324 g/mol. The van der Waals surface area contributed by atoms with E-state index < -0.39 is 0 Å². The SMILES string of the molecule is O=C(Nc1ccc(Cl)cn1)[C@@H]1CCCN(CCc2ccccn2)C1. The van der Waals surface area contributed by atoms with Crippen LogP contribution in [0.3, 0.4) is 0 Å². The molecular formula is C18H21ClN4O. The van der Waals surface area contributed by atoms with Gasteiger partial charge in [-0.15, -0.1) is 0 Å². The lowest BCUT2D eigenvalue weighted by Gasteiger charge is -2.31. The Morgan fingerprint density at radius 3 is 2.96 bits per heavy atom. The number of carbonyl (C=O) groups excluding carboxylic acids is 1. The van der Waals surface area contributed by atoms with Crippen LogP contribution < -0.4 is 5.32 Å². The molecule has 0 aromatic carbocycles. The fourth-order valence-electron chi connectivity index (χ4n) is 2.97. The highest BCUT2D eigenvalue weighted by molar-refractivity contribution is 6.30. The summed E-state index contributed by atoms with van der Waals surface area (Å²) in [7, 11) is 0.